The van der Waals surface area contributed by atoms with E-state index in [1.807, 2.05) is 0 Å². The summed E-state index contributed by atoms with van der Waals surface area (Å²) in [5.41, 5.74) is 3.31. The van der Waals surface area contributed by atoms with Crippen molar-refractivity contribution in [3.8, 4) is 0 Å². The molecule has 2 heteroatoms. The number of rotatable bonds is 2. The van der Waals surface area contributed by atoms with Crippen LogP contribution in [0, 0.1) is 5.41 Å². The van der Waals surface area contributed by atoms with Crippen LogP contribution in [0.15, 0.2) is 22.7 Å². The van der Waals surface area contributed by atoms with Gasteiger partial charge in [-0.2, -0.15) is 0 Å². The Labute approximate surface area is 113 Å². The van der Waals surface area contributed by atoms with Gasteiger partial charge in [-0.25, -0.2) is 0 Å². The molecule has 2 rings (SSSR count). The summed E-state index contributed by atoms with van der Waals surface area (Å²) in [5.74, 6) is 0. The Morgan fingerprint density at radius 2 is 2.06 bits per heavy atom. The van der Waals surface area contributed by atoms with Gasteiger partial charge in [0.2, 0.25) is 0 Å². The molecule has 0 amide bonds. The first-order valence-electron chi connectivity index (χ1n) is 6.42. The van der Waals surface area contributed by atoms with Gasteiger partial charge in [-0.15, -0.1) is 0 Å². The van der Waals surface area contributed by atoms with Crippen LogP contribution in [0.25, 0.3) is 0 Å². The Kier molecular flexibility index (Phi) is 3.65. The number of hydrogen-bond donors (Lipinski definition) is 1. The molecule has 0 bridgehead atoms. The van der Waals surface area contributed by atoms with Crippen molar-refractivity contribution in [3.63, 3.8) is 0 Å². The molecule has 2 unspecified atom stereocenters. The minimum absolute atomic E-state index is 0.318. The molecule has 0 fully saturated rings. The smallest absolute Gasteiger partial charge is 0.0328 e. The minimum atomic E-state index is 0.318. The summed E-state index contributed by atoms with van der Waals surface area (Å²) in [7, 11) is 0. The molecule has 1 aliphatic carbocycles. The van der Waals surface area contributed by atoms with Crippen LogP contribution in [0.1, 0.15) is 51.3 Å². The zero-order chi connectivity index (χ0) is 12.6. The summed E-state index contributed by atoms with van der Waals surface area (Å²) in [4.78, 5) is 0. The maximum absolute atomic E-state index is 3.78. The van der Waals surface area contributed by atoms with Crippen molar-refractivity contribution in [1.29, 1.82) is 0 Å². The second kappa shape index (κ2) is 4.74. The molecule has 2 atom stereocenters. The minimum Gasteiger partial charge on any atom is -0.307 e. The lowest BCUT2D eigenvalue weighted by molar-refractivity contribution is 0.262. The van der Waals surface area contributed by atoms with Gasteiger partial charge in [-0.05, 0) is 48.4 Å². The van der Waals surface area contributed by atoms with Crippen molar-refractivity contribution in [2.75, 3.05) is 0 Å². The first kappa shape index (κ1) is 13.1. The summed E-state index contributed by atoms with van der Waals surface area (Å²) < 4.78 is 1.20. The van der Waals surface area contributed by atoms with Crippen molar-refractivity contribution < 1.29 is 0 Å². The topological polar surface area (TPSA) is 12.0 Å². The molecule has 0 heterocycles. The third-order valence-corrected chi connectivity index (χ3v) is 4.43. The highest BCUT2D eigenvalue weighted by Gasteiger charge is 2.27. The SMILES string of the molecule is CC(NC1CCc2cc(Br)ccc21)C(C)(C)C. The van der Waals surface area contributed by atoms with Gasteiger partial charge in [0, 0.05) is 16.6 Å². The highest BCUT2D eigenvalue weighted by molar-refractivity contribution is 9.10. The van der Waals surface area contributed by atoms with Gasteiger partial charge in [-0.1, -0.05) is 42.8 Å². The van der Waals surface area contributed by atoms with E-state index in [0.717, 1.165) is 0 Å². The lowest BCUT2D eigenvalue weighted by Crippen LogP contribution is -2.39. The summed E-state index contributed by atoms with van der Waals surface area (Å²) in [6.07, 6.45) is 2.43. The van der Waals surface area contributed by atoms with Crippen LogP contribution in [0.5, 0.6) is 0 Å². The van der Waals surface area contributed by atoms with Gasteiger partial charge in [-0.3, -0.25) is 0 Å². The molecule has 0 radical (unpaired) electrons. The summed E-state index contributed by atoms with van der Waals surface area (Å²) in [6.45, 7) is 9.17. The van der Waals surface area contributed by atoms with Gasteiger partial charge in [0.05, 0.1) is 0 Å². The average Bonchev–Trinajstić information content (AvgIpc) is 2.59. The summed E-state index contributed by atoms with van der Waals surface area (Å²) in [6, 6.07) is 7.74. The Morgan fingerprint density at radius 1 is 1.35 bits per heavy atom. The molecule has 1 N–H and O–H groups in total. The number of nitrogens with one attached hydrogen (secondary N) is 1. The maximum Gasteiger partial charge on any atom is 0.0328 e. The summed E-state index contributed by atoms with van der Waals surface area (Å²) in [5, 5.41) is 3.78. The first-order chi connectivity index (χ1) is 7.88. The lowest BCUT2D eigenvalue weighted by Gasteiger charge is -2.31. The predicted molar refractivity (Wildman–Crippen MR) is 77.3 cm³/mol. The Bertz CT molecular complexity index is 406. The second-order valence-electron chi connectivity index (χ2n) is 6.19. The molecule has 0 spiro atoms. The Morgan fingerprint density at radius 3 is 2.71 bits per heavy atom. The van der Waals surface area contributed by atoms with E-state index < -0.39 is 0 Å². The normalized spacial score (nSPS) is 21.4. The van der Waals surface area contributed by atoms with Crippen LogP contribution in [-0.4, -0.2) is 6.04 Å². The standard InChI is InChI=1S/C15H22BrN/c1-10(15(2,3)4)17-14-8-5-11-9-12(16)6-7-13(11)14/h6-7,9-10,14,17H,5,8H2,1-4H3. The largest absolute Gasteiger partial charge is 0.307 e. The fourth-order valence-corrected chi connectivity index (χ4v) is 2.72. The summed E-state index contributed by atoms with van der Waals surface area (Å²) >= 11 is 3.55. The first-order valence-corrected chi connectivity index (χ1v) is 7.21. The van der Waals surface area contributed by atoms with E-state index in [-0.39, 0.29) is 0 Å². The quantitative estimate of drug-likeness (QED) is 0.849. The zero-order valence-corrected chi connectivity index (χ0v) is 12.8. The monoisotopic (exact) mass is 295 g/mol. The molecular weight excluding hydrogens is 274 g/mol. The van der Waals surface area contributed by atoms with Crippen LogP contribution < -0.4 is 5.32 Å². The van der Waals surface area contributed by atoms with Gasteiger partial charge < -0.3 is 5.32 Å². The molecule has 1 aliphatic rings. The van der Waals surface area contributed by atoms with Gasteiger partial charge in [0.1, 0.15) is 0 Å². The van der Waals surface area contributed by atoms with Crippen molar-refractivity contribution in [2.45, 2.75) is 52.6 Å². The number of halogens is 1. The molecular formula is C15H22BrN. The molecule has 1 aromatic rings. The third kappa shape index (κ3) is 2.92. The molecule has 0 aliphatic heterocycles. The molecule has 17 heavy (non-hydrogen) atoms. The molecule has 1 nitrogen and oxygen atoms in total. The maximum atomic E-state index is 3.78. The Balaban J connectivity index is 2.12. The van der Waals surface area contributed by atoms with E-state index in [1.54, 1.807) is 0 Å². The van der Waals surface area contributed by atoms with Crippen LogP contribution in [0.4, 0.5) is 0 Å². The second-order valence-corrected chi connectivity index (χ2v) is 7.10. The van der Waals surface area contributed by atoms with Crippen LogP contribution in [0.3, 0.4) is 0 Å². The highest BCUT2D eigenvalue weighted by atomic mass is 79.9. The lowest BCUT2D eigenvalue weighted by atomic mass is 9.87. The number of hydrogen-bond acceptors (Lipinski definition) is 1. The van der Waals surface area contributed by atoms with E-state index in [0.29, 0.717) is 17.5 Å². The van der Waals surface area contributed by atoms with Gasteiger partial charge >= 0.3 is 0 Å². The zero-order valence-electron chi connectivity index (χ0n) is 11.2. The van der Waals surface area contributed by atoms with Crippen molar-refractivity contribution >= 4 is 15.9 Å². The number of benzene rings is 1. The Hall–Kier alpha value is -0.340. The highest BCUT2D eigenvalue weighted by Crippen LogP contribution is 2.34. The van der Waals surface area contributed by atoms with Crippen LogP contribution in [-0.2, 0) is 6.42 Å². The van der Waals surface area contributed by atoms with Crippen molar-refractivity contribution in [3.05, 3.63) is 33.8 Å². The molecule has 0 aromatic heterocycles. The van der Waals surface area contributed by atoms with E-state index in [2.05, 4.69) is 67.1 Å². The molecule has 1 aromatic carbocycles. The third-order valence-electron chi connectivity index (χ3n) is 3.93. The van der Waals surface area contributed by atoms with Crippen LogP contribution >= 0.6 is 15.9 Å². The van der Waals surface area contributed by atoms with Crippen molar-refractivity contribution in [2.24, 2.45) is 5.41 Å². The van der Waals surface area contributed by atoms with Crippen LogP contribution in [0.2, 0.25) is 0 Å². The fourth-order valence-electron chi connectivity index (χ4n) is 2.31. The molecule has 0 saturated heterocycles. The number of fused-ring (bicyclic) bond motifs is 1. The van der Waals surface area contributed by atoms with E-state index >= 15 is 0 Å². The fraction of sp³-hybridized carbons (Fsp3) is 0.600. The van der Waals surface area contributed by atoms with Crippen molar-refractivity contribution in [1.82, 2.24) is 5.32 Å². The van der Waals surface area contributed by atoms with E-state index in [4.69, 9.17) is 0 Å². The van der Waals surface area contributed by atoms with Gasteiger partial charge in [0.25, 0.3) is 0 Å². The molecule has 0 saturated carbocycles. The van der Waals surface area contributed by atoms with Gasteiger partial charge in [0.15, 0.2) is 0 Å². The average molecular weight is 296 g/mol. The molecule has 94 valence electrons. The predicted octanol–water partition coefficient (Wildman–Crippen LogP) is 4.46. The number of aryl methyl sites for hydroxylation is 1. The van der Waals surface area contributed by atoms with E-state index in [9.17, 15) is 0 Å². The van der Waals surface area contributed by atoms with E-state index in [1.165, 1.54) is 28.4 Å².